The number of phenols is 1. The van der Waals surface area contributed by atoms with Crippen LogP contribution in [0.1, 0.15) is 11.1 Å². The average molecular weight is 350 g/mol. The number of nitriles is 1. The minimum Gasteiger partial charge on any atom is -0.502 e. The van der Waals surface area contributed by atoms with E-state index in [4.69, 9.17) is 14.2 Å². The molecule has 3 aromatic rings. The zero-order valence-electron chi connectivity index (χ0n) is 14.7. The van der Waals surface area contributed by atoms with Gasteiger partial charge in [-0.2, -0.15) is 5.26 Å². The van der Waals surface area contributed by atoms with Crippen molar-refractivity contribution in [3.05, 3.63) is 47.7 Å². The Morgan fingerprint density at radius 1 is 1.08 bits per heavy atom. The highest BCUT2D eigenvalue weighted by Gasteiger charge is 2.13. The fourth-order valence-corrected chi connectivity index (χ4v) is 2.78. The van der Waals surface area contributed by atoms with E-state index < -0.39 is 0 Å². The fourth-order valence-electron chi connectivity index (χ4n) is 2.78. The summed E-state index contributed by atoms with van der Waals surface area (Å²) in [6, 6.07) is 11.2. The number of ether oxygens (including phenoxy) is 3. The van der Waals surface area contributed by atoms with Gasteiger partial charge in [-0.05, 0) is 42.0 Å². The summed E-state index contributed by atoms with van der Waals surface area (Å²) < 4.78 is 15.6. The molecule has 0 amide bonds. The number of allylic oxidation sites excluding steroid dienone is 1. The topological polar surface area (TPSA) is 87.5 Å². The van der Waals surface area contributed by atoms with Crippen molar-refractivity contribution in [2.45, 2.75) is 0 Å². The van der Waals surface area contributed by atoms with Gasteiger partial charge in [-0.1, -0.05) is 0 Å². The van der Waals surface area contributed by atoms with Crippen molar-refractivity contribution in [2.24, 2.45) is 0 Å². The van der Waals surface area contributed by atoms with Crippen molar-refractivity contribution in [2.75, 3.05) is 21.3 Å². The third kappa shape index (κ3) is 3.03. The number of methoxy groups -OCH3 is 3. The van der Waals surface area contributed by atoms with Crippen LogP contribution in [0.3, 0.4) is 0 Å². The number of aromatic nitrogens is 1. The van der Waals surface area contributed by atoms with Gasteiger partial charge in [0.15, 0.2) is 11.5 Å². The molecule has 6 heteroatoms. The molecule has 26 heavy (non-hydrogen) atoms. The summed E-state index contributed by atoms with van der Waals surface area (Å²) in [5, 5.41) is 20.6. The lowest BCUT2D eigenvalue weighted by atomic mass is 10.0. The van der Waals surface area contributed by atoms with Gasteiger partial charge in [-0.15, -0.1) is 0 Å². The van der Waals surface area contributed by atoms with Gasteiger partial charge in [-0.25, -0.2) is 0 Å². The molecule has 0 radical (unpaired) electrons. The van der Waals surface area contributed by atoms with Crippen LogP contribution in [0.2, 0.25) is 0 Å². The Kier molecular flexibility index (Phi) is 4.72. The highest BCUT2D eigenvalue weighted by molar-refractivity contribution is 6.01. The highest BCUT2D eigenvalue weighted by Crippen LogP contribution is 2.38. The van der Waals surface area contributed by atoms with Crippen LogP contribution in [-0.4, -0.2) is 31.4 Å². The Labute approximate surface area is 150 Å². The summed E-state index contributed by atoms with van der Waals surface area (Å²) in [4.78, 5) is 3.16. The molecule has 0 bridgehead atoms. The van der Waals surface area contributed by atoms with Crippen LogP contribution in [-0.2, 0) is 0 Å². The number of phenolic OH excluding ortho intramolecular Hbond substituents is 1. The van der Waals surface area contributed by atoms with Crippen molar-refractivity contribution in [1.29, 1.82) is 5.26 Å². The molecule has 0 aliphatic rings. The van der Waals surface area contributed by atoms with Crippen molar-refractivity contribution < 1.29 is 19.3 Å². The Morgan fingerprint density at radius 2 is 1.77 bits per heavy atom. The largest absolute Gasteiger partial charge is 0.502 e. The summed E-state index contributed by atoms with van der Waals surface area (Å²) in [7, 11) is 4.52. The third-order valence-corrected chi connectivity index (χ3v) is 4.11. The standard InChI is InChI=1S/C20H18N2O4/c1-24-14-4-5-17-15(9-14)16(11-22-17)13(10-21)6-12-7-18(25-2)20(23)19(8-12)26-3/h4-9,11,22-23H,1-3H3. The summed E-state index contributed by atoms with van der Waals surface area (Å²) >= 11 is 0. The number of aromatic amines is 1. The molecule has 0 spiro atoms. The lowest BCUT2D eigenvalue weighted by Gasteiger charge is -2.09. The van der Waals surface area contributed by atoms with Gasteiger partial charge < -0.3 is 24.3 Å². The molecule has 0 saturated heterocycles. The molecule has 3 rings (SSSR count). The second-order valence-electron chi connectivity index (χ2n) is 5.56. The van der Waals surface area contributed by atoms with E-state index in [1.54, 1.807) is 31.5 Å². The number of nitrogens with zero attached hydrogens (tertiary/aromatic N) is 1. The Bertz CT molecular complexity index is 1000. The van der Waals surface area contributed by atoms with Crippen molar-refractivity contribution in [3.8, 4) is 29.1 Å². The van der Waals surface area contributed by atoms with Crippen molar-refractivity contribution >= 4 is 22.6 Å². The van der Waals surface area contributed by atoms with Crippen LogP contribution < -0.4 is 14.2 Å². The van der Waals surface area contributed by atoms with Crippen LogP contribution >= 0.6 is 0 Å². The third-order valence-electron chi connectivity index (χ3n) is 4.11. The average Bonchev–Trinajstić information content (AvgIpc) is 3.09. The van der Waals surface area contributed by atoms with Crippen LogP contribution in [0.4, 0.5) is 0 Å². The Morgan fingerprint density at radius 3 is 2.35 bits per heavy atom. The highest BCUT2D eigenvalue weighted by atomic mass is 16.5. The molecule has 0 aliphatic carbocycles. The number of H-pyrrole nitrogens is 1. The van der Waals surface area contributed by atoms with Gasteiger partial charge in [0.25, 0.3) is 0 Å². The first-order valence-electron chi connectivity index (χ1n) is 7.83. The predicted octanol–water partition coefficient (Wildman–Crippen LogP) is 3.96. The molecular weight excluding hydrogens is 332 g/mol. The van der Waals surface area contributed by atoms with Gasteiger partial charge in [0.1, 0.15) is 5.75 Å². The van der Waals surface area contributed by atoms with Gasteiger partial charge in [0, 0.05) is 22.7 Å². The maximum absolute atomic E-state index is 10.0. The van der Waals surface area contributed by atoms with E-state index in [9.17, 15) is 10.4 Å². The molecule has 2 N–H and O–H groups in total. The zero-order chi connectivity index (χ0) is 18.7. The number of benzene rings is 2. The maximum atomic E-state index is 10.0. The normalized spacial score (nSPS) is 11.2. The van der Waals surface area contributed by atoms with Crippen molar-refractivity contribution in [3.63, 3.8) is 0 Å². The summed E-state index contributed by atoms with van der Waals surface area (Å²) in [5.41, 5.74) is 2.79. The number of rotatable bonds is 5. The Hall–Kier alpha value is -3.59. The van der Waals surface area contributed by atoms with Gasteiger partial charge in [0.05, 0.1) is 33.0 Å². The van der Waals surface area contributed by atoms with Gasteiger partial charge >= 0.3 is 0 Å². The molecule has 6 nitrogen and oxygen atoms in total. The van der Waals surface area contributed by atoms with E-state index in [2.05, 4.69) is 11.1 Å². The summed E-state index contributed by atoms with van der Waals surface area (Å²) in [5.74, 6) is 1.17. The number of hydrogen-bond donors (Lipinski definition) is 2. The molecule has 0 atom stereocenters. The molecule has 0 aliphatic heterocycles. The molecular formula is C20H18N2O4. The smallest absolute Gasteiger partial charge is 0.200 e. The van der Waals surface area contributed by atoms with E-state index in [-0.39, 0.29) is 17.2 Å². The first-order valence-corrected chi connectivity index (χ1v) is 7.83. The molecule has 0 unspecified atom stereocenters. The second-order valence-corrected chi connectivity index (χ2v) is 5.56. The number of aromatic hydroxyl groups is 1. The number of fused-ring (bicyclic) bond motifs is 1. The first kappa shape index (κ1) is 17.2. The minimum absolute atomic E-state index is 0.0810. The van der Waals surface area contributed by atoms with E-state index in [1.165, 1.54) is 14.2 Å². The molecule has 0 saturated carbocycles. The van der Waals surface area contributed by atoms with Crippen LogP contribution in [0, 0.1) is 11.3 Å². The number of hydrogen-bond acceptors (Lipinski definition) is 5. The first-order chi connectivity index (χ1) is 12.6. The number of nitrogens with one attached hydrogen (secondary N) is 1. The SMILES string of the molecule is COc1ccc2[nH]cc(C(C#N)=Cc3cc(OC)c(O)c(OC)c3)c2c1. The summed E-state index contributed by atoms with van der Waals surface area (Å²) in [6.45, 7) is 0. The summed E-state index contributed by atoms with van der Waals surface area (Å²) in [6.07, 6.45) is 3.50. The van der Waals surface area contributed by atoms with E-state index in [0.717, 1.165) is 16.5 Å². The lowest BCUT2D eigenvalue weighted by Crippen LogP contribution is -1.90. The van der Waals surface area contributed by atoms with Crippen LogP contribution in [0.15, 0.2) is 36.5 Å². The monoisotopic (exact) mass is 350 g/mol. The molecule has 1 aromatic heterocycles. The molecule has 2 aromatic carbocycles. The molecule has 1 heterocycles. The van der Waals surface area contributed by atoms with Crippen LogP contribution in [0.25, 0.3) is 22.6 Å². The fraction of sp³-hybridized carbons (Fsp3) is 0.150. The van der Waals surface area contributed by atoms with Gasteiger partial charge in [-0.3, -0.25) is 0 Å². The Balaban J connectivity index is 2.14. The van der Waals surface area contributed by atoms with Crippen LogP contribution in [0.5, 0.6) is 23.0 Å². The van der Waals surface area contributed by atoms with Gasteiger partial charge in [0.2, 0.25) is 5.75 Å². The lowest BCUT2D eigenvalue weighted by molar-refractivity contribution is 0.340. The zero-order valence-corrected chi connectivity index (χ0v) is 14.7. The molecule has 0 fully saturated rings. The maximum Gasteiger partial charge on any atom is 0.200 e. The second kappa shape index (κ2) is 7.11. The minimum atomic E-state index is -0.0810. The van der Waals surface area contributed by atoms with E-state index in [1.807, 2.05) is 18.2 Å². The predicted molar refractivity (Wildman–Crippen MR) is 99.5 cm³/mol. The quantitative estimate of drug-likeness (QED) is 0.680. The molecule has 132 valence electrons. The van der Waals surface area contributed by atoms with E-state index in [0.29, 0.717) is 16.9 Å². The van der Waals surface area contributed by atoms with E-state index >= 15 is 0 Å². The van der Waals surface area contributed by atoms with Crippen molar-refractivity contribution in [1.82, 2.24) is 4.98 Å².